The number of para-hydroxylation sites is 1. The molecule has 0 aliphatic heterocycles. The highest BCUT2D eigenvalue weighted by Crippen LogP contribution is 2.21. The van der Waals surface area contributed by atoms with Gasteiger partial charge in [-0.1, -0.05) is 45.4 Å². The van der Waals surface area contributed by atoms with Gasteiger partial charge in [0.1, 0.15) is 5.75 Å². The molecule has 0 spiro atoms. The normalized spacial score (nSPS) is 13.8. The van der Waals surface area contributed by atoms with Crippen LogP contribution in [-0.4, -0.2) is 25.1 Å². The summed E-state index contributed by atoms with van der Waals surface area (Å²) in [6.07, 6.45) is 2.37. The predicted octanol–water partition coefficient (Wildman–Crippen LogP) is 2.51. The third kappa shape index (κ3) is 5.38. The van der Waals surface area contributed by atoms with Crippen molar-refractivity contribution in [3.63, 3.8) is 0 Å². The van der Waals surface area contributed by atoms with Crippen molar-refractivity contribution in [1.29, 1.82) is 0 Å². The van der Waals surface area contributed by atoms with Gasteiger partial charge in [0.15, 0.2) is 0 Å². The van der Waals surface area contributed by atoms with Gasteiger partial charge in [-0.05, 0) is 30.4 Å². The molecule has 1 amide bonds. The van der Waals surface area contributed by atoms with E-state index in [1.54, 1.807) is 7.11 Å². The van der Waals surface area contributed by atoms with Crippen molar-refractivity contribution < 1.29 is 9.53 Å². The maximum absolute atomic E-state index is 12.1. The van der Waals surface area contributed by atoms with E-state index in [1.807, 2.05) is 31.2 Å². The van der Waals surface area contributed by atoms with E-state index < -0.39 is 6.04 Å². The van der Waals surface area contributed by atoms with Gasteiger partial charge in [0.2, 0.25) is 5.91 Å². The van der Waals surface area contributed by atoms with E-state index in [-0.39, 0.29) is 11.9 Å². The Kier molecular flexibility index (Phi) is 7.23. The second kappa shape index (κ2) is 8.67. The highest BCUT2D eigenvalue weighted by molar-refractivity contribution is 5.81. The van der Waals surface area contributed by atoms with Crippen LogP contribution in [0, 0.1) is 5.92 Å². The smallest absolute Gasteiger partial charge is 0.237 e. The molecule has 1 aromatic rings. The number of methoxy groups -OCH3 is 1. The summed E-state index contributed by atoms with van der Waals surface area (Å²) in [5, 5.41) is 3.08. The zero-order valence-corrected chi connectivity index (χ0v) is 13.6. The lowest BCUT2D eigenvalue weighted by atomic mass is 9.95. The van der Waals surface area contributed by atoms with E-state index in [1.165, 1.54) is 0 Å². The van der Waals surface area contributed by atoms with Crippen molar-refractivity contribution in [2.24, 2.45) is 11.7 Å². The number of hydrogen-bond donors (Lipinski definition) is 2. The van der Waals surface area contributed by atoms with Crippen LogP contribution in [0.4, 0.5) is 0 Å². The van der Waals surface area contributed by atoms with Crippen LogP contribution in [0.3, 0.4) is 0 Å². The number of nitrogens with two attached hydrogens (primary N) is 1. The number of carbonyl (C=O) groups excluding carboxylic acids is 1. The number of rotatable bonds is 8. The molecule has 4 nitrogen and oxygen atoms in total. The molecule has 118 valence electrons. The largest absolute Gasteiger partial charge is 0.496 e. The Balaban J connectivity index is 2.76. The Morgan fingerprint density at radius 2 is 2.00 bits per heavy atom. The van der Waals surface area contributed by atoms with Crippen LogP contribution in [0.1, 0.15) is 39.2 Å². The van der Waals surface area contributed by atoms with E-state index in [2.05, 4.69) is 19.2 Å². The third-order valence-electron chi connectivity index (χ3n) is 3.70. The van der Waals surface area contributed by atoms with E-state index in [0.717, 1.165) is 24.2 Å². The van der Waals surface area contributed by atoms with Gasteiger partial charge in [0.25, 0.3) is 0 Å². The summed E-state index contributed by atoms with van der Waals surface area (Å²) in [7, 11) is 1.67. The van der Waals surface area contributed by atoms with Gasteiger partial charge in [0, 0.05) is 6.04 Å². The molecular formula is C17H28N2O2. The maximum Gasteiger partial charge on any atom is 0.237 e. The molecule has 21 heavy (non-hydrogen) atoms. The standard InChI is InChI=1S/C17H28N2O2/c1-5-8-14(18)17(20)19-15(12(2)3)11-13-9-6-7-10-16(13)21-4/h6-7,9-10,12,14-15H,5,8,11,18H2,1-4H3,(H,19,20). The van der Waals surface area contributed by atoms with Crippen LogP contribution in [0.2, 0.25) is 0 Å². The van der Waals surface area contributed by atoms with E-state index in [0.29, 0.717) is 12.3 Å². The first-order chi connectivity index (χ1) is 9.99. The molecular weight excluding hydrogens is 264 g/mol. The number of ether oxygens (including phenoxy) is 1. The first kappa shape index (κ1) is 17.5. The highest BCUT2D eigenvalue weighted by atomic mass is 16.5. The van der Waals surface area contributed by atoms with Crippen LogP contribution in [-0.2, 0) is 11.2 Å². The lowest BCUT2D eigenvalue weighted by Crippen LogP contribution is -2.48. The molecule has 1 rings (SSSR count). The molecule has 0 bridgehead atoms. The Morgan fingerprint density at radius 3 is 2.57 bits per heavy atom. The van der Waals surface area contributed by atoms with Gasteiger partial charge < -0.3 is 15.8 Å². The topological polar surface area (TPSA) is 64.4 Å². The molecule has 2 unspecified atom stereocenters. The van der Waals surface area contributed by atoms with E-state index in [4.69, 9.17) is 10.5 Å². The minimum absolute atomic E-state index is 0.0525. The van der Waals surface area contributed by atoms with Crippen molar-refractivity contribution in [3.8, 4) is 5.75 Å². The second-order valence-electron chi connectivity index (χ2n) is 5.77. The fourth-order valence-corrected chi connectivity index (χ4v) is 2.29. The average molecular weight is 292 g/mol. The molecule has 0 aromatic heterocycles. The summed E-state index contributed by atoms with van der Waals surface area (Å²) < 4.78 is 5.38. The lowest BCUT2D eigenvalue weighted by molar-refractivity contribution is -0.123. The number of benzene rings is 1. The average Bonchev–Trinajstić information content (AvgIpc) is 2.47. The predicted molar refractivity (Wildman–Crippen MR) is 86.4 cm³/mol. The summed E-state index contributed by atoms with van der Waals surface area (Å²) in [5.41, 5.74) is 6.99. The molecule has 1 aromatic carbocycles. The number of amides is 1. The van der Waals surface area contributed by atoms with Gasteiger partial charge in [-0.15, -0.1) is 0 Å². The molecule has 0 aliphatic rings. The zero-order chi connectivity index (χ0) is 15.8. The van der Waals surface area contributed by atoms with E-state index in [9.17, 15) is 4.79 Å². The maximum atomic E-state index is 12.1. The Bertz CT molecular complexity index is 446. The molecule has 0 radical (unpaired) electrons. The van der Waals surface area contributed by atoms with Crippen LogP contribution in [0.15, 0.2) is 24.3 Å². The van der Waals surface area contributed by atoms with Gasteiger partial charge >= 0.3 is 0 Å². The van der Waals surface area contributed by atoms with Crippen LogP contribution < -0.4 is 15.8 Å². The quantitative estimate of drug-likeness (QED) is 0.774. The molecule has 0 saturated carbocycles. The number of hydrogen-bond acceptors (Lipinski definition) is 3. The Hall–Kier alpha value is -1.55. The Labute approximate surface area is 128 Å². The van der Waals surface area contributed by atoms with Crippen molar-refractivity contribution in [1.82, 2.24) is 5.32 Å². The van der Waals surface area contributed by atoms with Crippen LogP contribution in [0.25, 0.3) is 0 Å². The van der Waals surface area contributed by atoms with Gasteiger partial charge in [-0.2, -0.15) is 0 Å². The van der Waals surface area contributed by atoms with Crippen molar-refractivity contribution in [2.75, 3.05) is 7.11 Å². The SMILES string of the molecule is CCCC(N)C(=O)NC(Cc1ccccc1OC)C(C)C. The minimum Gasteiger partial charge on any atom is -0.496 e. The van der Waals surface area contributed by atoms with Crippen molar-refractivity contribution in [2.45, 2.75) is 52.1 Å². The summed E-state index contributed by atoms with van der Waals surface area (Å²) in [6.45, 7) is 6.24. The first-order valence-corrected chi connectivity index (χ1v) is 7.67. The van der Waals surface area contributed by atoms with Gasteiger partial charge in [-0.25, -0.2) is 0 Å². The molecule has 0 aliphatic carbocycles. The summed E-state index contributed by atoms with van der Waals surface area (Å²) in [5.74, 6) is 1.12. The molecule has 3 N–H and O–H groups in total. The fourth-order valence-electron chi connectivity index (χ4n) is 2.29. The van der Waals surface area contributed by atoms with Gasteiger partial charge in [-0.3, -0.25) is 4.79 Å². The van der Waals surface area contributed by atoms with Crippen LogP contribution in [0.5, 0.6) is 5.75 Å². The molecule has 0 saturated heterocycles. The monoisotopic (exact) mass is 292 g/mol. The molecule has 2 atom stereocenters. The van der Waals surface area contributed by atoms with E-state index >= 15 is 0 Å². The molecule has 0 heterocycles. The van der Waals surface area contributed by atoms with Crippen molar-refractivity contribution in [3.05, 3.63) is 29.8 Å². The fraction of sp³-hybridized carbons (Fsp3) is 0.588. The zero-order valence-electron chi connectivity index (χ0n) is 13.6. The minimum atomic E-state index is -0.422. The first-order valence-electron chi connectivity index (χ1n) is 7.67. The molecule has 4 heteroatoms. The van der Waals surface area contributed by atoms with Crippen LogP contribution >= 0.6 is 0 Å². The number of nitrogens with one attached hydrogen (secondary N) is 1. The third-order valence-corrected chi connectivity index (χ3v) is 3.70. The summed E-state index contributed by atoms with van der Waals surface area (Å²) in [4.78, 5) is 12.1. The second-order valence-corrected chi connectivity index (χ2v) is 5.77. The summed E-state index contributed by atoms with van der Waals surface area (Å²) >= 11 is 0. The van der Waals surface area contributed by atoms with Crippen molar-refractivity contribution >= 4 is 5.91 Å². The lowest BCUT2D eigenvalue weighted by Gasteiger charge is -2.25. The Morgan fingerprint density at radius 1 is 1.33 bits per heavy atom. The highest BCUT2D eigenvalue weighted by Gasteiger charge is 2.21. The molecule has 0 fully saturated rings. The number of carbonyl (C=O) groups is 1. The summed E-state index contributed by atoms with van der Waals surface area (Å²) in [6, 6.07) is 7.54. The van der Waals surface area contributed by atoms with Gasteiger partial charge in [0.05, 0.1) is 13.2 Å².